The Kier molecular flexibility index (Phi) is 4.82. The first-order valence-electron chi connectivity index (χ1n) is 9.89. The molecule has 0 saturated carbocycles. The highest BCUT2D eigenvalue weighted by Gasteiger charge is 2.33. The number of hydrogen-bond donors (Lipinski definition) is 0. The van der Waals surface area contributed by atoms with Crippen molar-refractivity contribution in [2.75, 3.05) is 20.1 Å². The Morgan fingerprint density at radius 1 is 1.24 bits per heavy atom. The maximum atomic E-state index is 13.5. The summed E-state index contributed by atoms with van der Waals surface area (Å²) >= 11 is 0. The van der Waals surface area contributed by atoms with E-state index in [0.717, 1.165) is 28.6 Å². The third-order valence-electron chi connectivity index (χ3n) is 5.59. The average molecular weight is 391 g/mol. The van der Waals surface area contributed by atoms with Crippen LogP contribution in [0, 0.1) is 6.92 Å². The average Bonchev–Trinajstić information content (AvgIpc) is 3.20. The second-order valence-corrected chi connectivity index (χ2v) is 7.59. The summed E-state index contributed by atoms with van der Waals surface area (Å²) in [6, 6.07) is 7.24. The Bertz CT molecular complexity index is 1100. The van der Waals surface area contributed by atoms with Crippen molar-refractivity contribution in [3.63, 3.8) is 0 Å². The molecule has 2 amide bonds. The number of benzene rings is 1. The van der Waals surface area contributed by atoms with Crippen LogP contribution in [-0.4, -0.2) is 62.6 Å². The number of carbonyl (C=O) groups excluding carboxylic acids is 2. The van der Waals surface area contributed by atoms with Gasteiger partial charge in [0, 0.05) is 43.8 Å². The van der Waals surface area contributed by atoms with Gasteiger partial charge in [0.1, 0.15) is 6.04 Å². The Morgan fingerprint density at radius 2 is 2.03 bits per heavy atom. The van der Waals surface area contributed by atoms with Gasteiger partial charge in [-0.25, -0.2) is 4.98 Å². The minimum atomic E-state index is -0.485. The van der Waals surface area contributed by atoms with Crippen molar-refractivity contribution in [2.45, 2.75) is 33.4 Å². The Balaban J connectivity index is 1.84. The van der Waals surface area contributed by atoms with E-state index >= 15 is 0 Å². The number of nitrogens with zero attached hydrogens (tertiary/aromatic N) is 5. The summed E-state index contributed by atoms with van der Waals surface area (Å²) in [5.41, 5.74) is 3.99. The van der Waals surface area contributed by atoms with E-state index in [1.54, 1.807) is 30.0 Å². The monoisotopic (exact) mass is 391 g/mol. The smallest absolute Gasteiger partial charge is 0.255 e. The van der Waals surface area contributed by atoms with Crippen molar-refractivity contribution in [3.8, 4) is 11.3 Å². The van der Waals surface area contributed by atoms with E-state index in [2.05, 4.69) is 5.10 Å². The molecule has 0 spiro atoms. The van der Waals surface area contributed by atoms with E-state index in [-0.39, 0.29) is 11.8 Å². The highest BCUT2D eigenvalue weighted by Crippen LogP contribution is 2.27. The predicted octanol–water partition coefficient (Wildman–Crippen LogP) is 2.73. The number of piperazine rings is 1. The molecule has 1 aromatic carbocycles. The summed E-state index contributed by atoms with van der Waals surface area (Å²) in [7, 11) is 1.77. The molecule has 3 heterocycles. The van der Waals surface area contributed by atoms with Crippen LogP contribution in [0.1, 0.15) is 29.8 Å². The lowest BCUT2D eigenvalue weighted by Crippen LogP contribution is -2.56. The third kappa shape index (κ3) is 3.37. The zero-order chi connectivity index (χ0) is 20.7. The van der Waals surface area contributed by atoms with Crippen molar-refractivity contribution >= 4 is 22.7 Å². The predicted molar refractivity (Wildman–Crippen MR) is 112 cm³/mol. The zero-order valence-corrected chi connectivity index (χ0v) is 17.2. The number of likely N-dealkylation sites (N-methyl/N-ethyl adjacent to an activating group) is 1. The van der Waals surface area contributed by atoms with Crippen LogP contribution < -0.4 is 0 Å². The van der Waals surface area contributed by atoms with E-state index in [9.17, 15) is 9.59 Å². The fourth-order valence-corrected chi connectivity index (χ4v) is 3.78. The Hall–Kier alpha value is -3.22. The van der Waals surface area contributed by atoms with Gasteiger partial charge in [-0.15, -0.1) is 0 Å². The lowest BCUT2D eigenvalue weighted by Gasteiger charge is -2.37. The number of aryl methyl sites for hydroxylation is 2. The normalized spacial score (nSPS) is 17.2. The van der Waals surface area contributed by atoms with Crippen LogP contribution in [0.5, 0.6) is 0 Å². The molecule has 0 radical (unpaired) electrons. The van der Waals surface area contributed by atoms with Crippen molar-refractivity contribution in [1.29, 1.82) is 0 Å². The van der Waals surface area contributed by atoms with Gasteiger partial charge in [0.15, 0.2) is 0 Å². The molecule has 0 N–H and O–H groups in total. The third-order valence-corrected chi connectivity index (χ3v) is 5.59. The summed E-state index contributed by atoms with van der Waals surface area (Å²) in [6.45, 7) is 7.63. The molecular weight excluding hydrogens is 366 g/mol. The van der Waals surface area contributed by atoms with Crippen LogP contribution in [0.4, 0.5) is 0 Å². The molecule has 0 aliphatic carbocycles. The molecule has 29 heavy (non-hydrogen) atoms. The molecule has 1 saturated heterocycles. The van der Waals surface area contributed by atoms with Gasteiger partial charge in [-0.05, 0) is 38.5 Å². The topological polar surface area (TPSA) is 71.3 Å². The molecule has 7 heteroatoms. The second kappa shape index (κ2) is 7.31. The van der Waals surface area contributed by atoms with Gasteiger partial charge in [0.2, 0.25) is 5.91 Å². The molecule has 4 rings (SSSR count). The molecule has 1 aliphatic rings. The zero-order valence-electron chi connectivity index (χ0n) is 17.2. The van der Waals surface area contributed by atoms with Crippen LogP contribution in [0.2, 0.25) is 0 Å². The number of fused-ring (bicyclic) bond motifs is 1. The molecule has 2 aromatic heterocycles. The first-order chi connectivity index (χ1) is 13.9. The lowest BCUT2D eigenvalue weighted by molar-refractivity contribution is -0.137. The summed E-state index contributed by atoms with van der Waals surface area (Å²) in [5, 5.41) is 5.13. The Morgan fingerprint density at radius 3 is 2.76 bits per heavy atom. The van der Waals surface area contributed by atoms with E-state index in [0.29, 0.717) is 24.3 Å². The van der Waals surface area contributed by atoms with Crippen molar-refractivity contribution in [1.82, 2.24) is 24.6 Å². The minimum absolute atomic E-state index is 0.0387. The number of rotatable bonds is 3. The number of carbonyl (C=O) groups is 2. The number of amides is 2. The van der Waals surface area contributed by atoms with Crippen LogP contribution in [0.25, 0.3) is 22.2 Å². The Labute approximate surface area is 169 Å². The second-order valence-electron chi connectivity index (χ2n) is 7.59. The minimum Gasteiger partial charge on any atom is -0.342 e. The van der Waals surface area contributed by atoms with Gasteiger partial charge < -0.3 is 9.80 Å². The maximum Gasteiger partial charge on any atom is 0.255 e. The number of pyridine rings is 1. The molecule has 1 unspecified atom stereocenters. The van der Waals surface area contributed by atoms with Crippen LogP contribution in [-0.2, 0) is 11.3 Å². The largest absolute Gasteiger partial charge is 0.342 e. The fourth-order valence-electron chi connectivity index (χ4n) is 3.78. The van der Waals surface area contributed by atoms with E-state index < -0.39 is 6.04 Å². The van der Waals surface area contributed by atoms with E-state index in [1.165, 1.54) is 0 Å². The van der Waals surface area contributed by atoms with Crippen molar-refractivity contribution in [3.05, 3.63) is 47.8 Å². The quantitative estimate of drug-likeness (QED) is 0.688. The highest BCUT2D eigenvalue weighted by molar-refractivity contribution is 6.08. The van der Waals surface area contributed by atoms with E-state index in [1.807, 2.05) is 49.0 Å². The van der Waals surface area contributed by atoms with Gasteiger partial charge in [-0.2, -0.15) is 5.10 Å². The molecule has 3 aromatic rings. The molecular formula is C22H25N5O2. The molecule has 150 valence electrons. The summed E-state index contributed by atoms with van der Waals surface area (Å²) < 4.78 is 1.83. The molecule has 1 fully saturated rings. The highest BCUT2D eigenvalue weighted by atomic mass is 16.2. The van der Waals surface area contributed by atoms with Crippen molar-refractivity contribution < 1.29 is 9.59 Å². The molecule has 7 nitrogen and oxygen atoms in total. The van der Waals surface area contributed by atoms with Gasteiger partial charge in [-0.1, -0.05) is 12.1 Å². The summed E-state index contributed by atoms with van der Waals surface area (Å²) in [5.74, 6) is -0.178. The molecule has 1 atom stereocenters. The lowest BCUT2D eigenvalue weighted by atomic mass is 10.0. The van der Waals surface area contributed by atoms with Crippen LogP contribution >= 0.6 is 0 Å². The van der Waals surface area contributed by atoms with Gasteiger partial charge >= 0.3 is 0 Å². The standard InChI is InChI=1S/C22H25N5O2/c1-5-26-13-16(12-23-26)19-11-18(17-7-6-14(2)10-20(17)24-19)22(29)27-9-8-25(4)21(28)15(27)3/h6-7,10-13,15H,5,8-9H2,1-4H3. The summed E-state index contributed by atoms with van der Waals surface area (Å²) in [4.78, 5) is 34.1. The maximum absolute atomic E-state index is 13.5. The van der Waals surface area contributed by atoms with Gasteiger partial charge in [0.05, 0.1) is 23.0 Å². The van der Waals surface area contributed by atoms with Gasteiger partial charge in [-0.3, -0.25) is 14.3 Å². The van der Waals surface area contributed by atoms with Crippen LogP contribution in [0.15, 0.2) is 36.7 Å². The van der Waals surface area contributed by atoms with Crippen LogP contribution in [0.3, 0.4) is 0 Å². The number of hydrogen-bond acceptors (Lipinski definition) is 4. The SMILES string of the molecule is CCn1cc(-c2cc(C(=O)N3CCN(C)C(=O)C3C)c3ccc(C)cc3n2)cn1. The molecule has 0 bridgehead atoms. The summed E-state index contributed by atoms with van der Waals surface area (Å²) in [6.07, 6.45) is 3.70. The molecule has 1 aliphatic heterocycles. The number of aromatic nitrogens is 3. The van der Waals surface area contributed by atoms with Crippen molar-refractivity contribution in [2.24, 2.45) is 0 Å². The van der Waals surface area contributed by atoms with E-state index in [4.69, 9.17) is 4.98 Å². The first kappa shape index (κ1) is 19.1. The fraction of sp³-hybridized carbons (Fsp3) is 0.364. The van der Waals surface area contributed by atoms with Gasteiger partial charge in [0.25, 0.3) is 5.91 Å². The first-order valence-corrected chi connectivity index (χ1v) is 9.89.